The molecule has 0 atom stereocenters. The summed E-state index contributed by atoms with van der Waals surface area (Å²) in [5.74, 6) is -2.07. The normalized spacial score (nSPS) is 12.4. The maximum Gasteiger partial charge on any atom is 0.340 e. The van der Waals surface area contributed by atoms with Crippen LogP contribution in [0.5, 0.6) is 11.5 Å². The average molecular weight is 373 g/mol. The van der Waals surface area contributed by atoms with Gasteiger partial charge in [0.1, 0.15) is 5.82 Å². The summed E-state index contributed by atoms with van der Waals surface area (Å²) in [5, 5.41) is 2.07. The van der Waals surface area contributed by atoms with Crippen molar-refractivity contribution in [3.63, 3.8) is 0 Å². The number of carbonyl (C=O) groups is 3. The van der Waals surface area contributed by atoms with E-state index in [1.54, 1.807) is 0 Å². The fraction of sp³-hybridized carbons (Fsp3) is 0.176. The summed E-state index contributed by atoms with van der Waals surface area (Å²) in [4.78, 5) is 48.7. The molecule has 0 aliphatic carbocycles. The van der Waals surface area contributed by atoms with Gasteiger partial charge in [0.25, 0.3) is 17.4 Å². The Morgan fingerprint density at radius 3 is 2.22 bits per heavy atom. The summed E-state index contributed by atoms with van der Waals surface area (Å²) < 4.78 is 16.1. The number of imide groups is 1. The number of methoxy groups -OCH3 is 3. The van der Waals surface area contributed by atoms with Crippen LogP contribution in [0.2, 0.25) is 0 Å². The maximum absolute atomic E-state index is 12.6. The van der Waals surface area contributed by atoms with E-state index in [1.165, 1.54) is 33.5 Å². The molecule has 0 radical (unpaired) electrons. The predicted molar refractivity (Wildman–Crippen MR) is 92.7 cm³/mol. The van der Waals surface area contributed by atoms with Crippen molar-refractivity contribution < 1.29 is 28.6 Å². The highest BCUT2D eigenvalue weighted by Crippen LogP contribution is 2.34. The van der Waals surface area contributed by atoms with Crippen molar-refractivity contribution in [2.75, 3.05) is 27.1 Å². The van der Waals surface area contributed by atoms with Gasteiger partial charge in [-0.1, -0.05) is 0 Å². The van der Waals surface area contributed by atoms with Gasteiger partial charge in [0.2, 0.25) is 0 Å². The summed E-state index contributed by atoms with van der Waals surface area (Å²) in [7, 11) is 3.93. The molecule has 1 aliphatic rings. The van der Waals surface area contributed by atoms with Gasteiger partial charge in [-0.25, -0.2) is 4.79 Å². The molecule has 140 valence electrons. The highest BCUT2D eigenvalue weighted by molar-refractivity contribution is 6.23. The number of anilines is 1. The molecule has 27 heavy (non-hydrogen) atoms. The summed E-state index contributed by atoms with van der Waals surface area (Å²) in [5.41, 5.74) is 4.99. The third-order valence-corrected chi connectivity index (χ3v) is 4.10. The molecule has 1 aliphatic heterocycles. The molecule has 0 unspecified atom stereocenters. The Morgan fingerprint density at radius 1 is 1.00 bits per heavy atom. The standard InChI is InChI=1S/C17H15N3O7/c1-25-10-4-7(17(24)27-3)9(6-11(10)26-2)20-12(21)5-8-13(14(20)18)16(23)19-15(8)22/h4-6H,18H2,1-3H3,(H,19,22,23). The maximum atomic E-state index is 12.6. The summed E-state index contributed by atoms with van der Waals surface area (Å²) >= 11 is 0. The van der Waals surface area contributed by atoms with Gasteiger partial charge in [-0.05, 0) is 0 Å². The van der Waals surface area contributed by atoms with E-state index in [-0.39, 0.29) is 39.7 Å². The molecule has 10 heteroatoms. The molecule has 3 rings (SSSR count). The molecule has 10 nitrogen and oxygen atoms in total. The van der Waals surface area contributed by atoms with Crippen LogP contribution in [0.25, 0.3) is 5.69 Å². The number of nitrogens with two attached hydrogens (primary N) is 1. The van der Waals surface area contributed by atoms with Gasteiger partial charge in [-0.15, -0.1) is 0 Å². The number of nitrogens with zero attached hydrogens (tertiary/aromatic N) is 1. The Labute approximate surface area is 152 Å². The number of carbonyl (C=O) groups excluding carboxylic acids is 3. The Hall–Kier alpha value is -3.82. The second-order valence-electron chi connectivity index (χ2n) is 5.49. The first-order valence-electron chi connectivity index (χ1n) is 7.60. The van der Waals surface area contributed by atoms with E-state index >= 15 is 0 Å². The number of nitrogen functional groups attached to an aromatic ring is 1. The predicted octanol–water partition coefficient (Wildman–Crippen LogP) is 0.107. The van der Waals surface area contributed by atoms with Gasteiger partial charge in [0, 0.05) is 18.2 Å². The minimum atomic E-state index is -0.765. The number of ether oxygens (including phenoxy) is 3. The van der Waals surface area contributed by atoms with E-state index in [0.29, 0.717) is 0 Å². The number of benzene rings is 1. The van der Waals surface area contributed by atoms with Crippen LogP contribution in [0.1, 0.15) is 31.1 Å². The third kappa shape index (κ3) is 2.67. The van der Waals surface area contributed by atoms with Gasteiger partial charge >= 0.3 is 5.97 Å². The van der Waals surface area contributed by atoms with Crippen molar-refractivity contribution >= 4 is 23.6 Å². The van der Waals surface area contributed by atoms with Crippen LogP contribution in [0.3, 0.4) is 0 Å². The first-order chi connectivity index (χ1) is 12.8. The van der Waals surface area contributed by atoms with Crippen molar-refractivity contribution in [2.24, 2.45) is 0 Å². The largest absolute Gasteiger partial charge is 0.493 e. The Morgan fingerprint density at radius 2 is 1.63 bits per heavy atom. The number of fused-ring (bicyclic) bond motifs is 1. The average Bonchev–Trinajstić information content (AvgIpc) is 2.94. The second kappa shape index (κ2) is 6.48. The zero-order chi connectivity index (χ0) is 19.9. The lowest BCUT2D eigenvalue weighted by molar-refractivity contribution is 0.0600. The highest BCUT2D eigenvalue weighted by Gasteiger charge is 2.33. The van der Waals surface area contributed by atoms with E-state index in [1.807, 2.05) is 0 Å². The molecule has 2 heterocycles. The van der Waals surface area contributed by atoms with Gasteiger partial charge in [-0.3, -0.25) is 24.3 Å². The van der Waals surface area contributed by atoms with Crippen molar-refractivity contribution in [3.8, 4) is 17.2 Å². The number of rotatable bonds is 4. The summed E-state index contributed by atoms with van der Waals surface area (Å²) in [6.45, 7) is 0. The van der Waals surface area contributed by atoms with Crippen molar-refractivity contribution in [1.29, 1.82) is 0 Å². The number of aromatic nitrogens is 1. The lowest BCUT2D eigenvalue weighted by Crippen LogP contribution is -2.26. The van der Waals surface area contributed by atoms with E-state index in [4.69, 9.17) is 19.9 Å². The fourth-order valence-electron chi connectivity index (χ4n) is 2.85. The quantitative estimate of drug-likeness (QED) is 0.568. The van der Waals surface area contributed by atoms with Crippen LogP contribution in [-0.4, -0.2) is 43.7 Å². The highest BCUT2D eigenvalue weighted by atomic mass is 16.5. The molecule has 3 N–H and O–H groups in total. The molecule has 0 spiro atoms. The molecular formula is C17H15N3O7. The van der Waals surface area contributed by atoms with Gasteiger partial charge in [0.05, 0.1) is 43.7 Å². The second-order valence-corrected chi connectivity index (χ2v) is 5.49. The lowest BCUT2D eigenvalue weighted by atomic mass is 10.1. The molecule has 1 aromatic carbocycles. The molecule has 2 aromatic rings. The smallest absolute Gasteiger partial charge is 0.340 e. The van der Waals surface area contributed by atoms with Crippen LogP contribution in [-0.2, 0) is 4.74 Å². The first kappa shape index (κ1) is 18.0. The Balaban J connectivity index is 2.39. The number of hydrogen-bond donors (Lipinski definition) is 2. The number of nitrogens with one attached hydrogen (secondary N) is 1. The van der Waals surface area contributed by atoms with Crippen LogP contribution >= 0.6 is 0 Å². The molecule has 0 fully saturated rings. The fourth-order valence-corrected chi connectivity index (χ4v) is 2.85. The molecule has 0 bridgehead atoms. The van der Waals surface area contributed by atoms with Crippen molar-refractivity contribution in [2.45, 2.75) is 0 Å². The Kier molecular flexibility index (Phi) is 4.32. The number of hydrogen-bond acceptors (Lipinski definition) is 8. The molecule has 0 saturated heterocycles. The number of pyridine rings is 1. The summed E-state index contributed by atoms with van der Waals surface area (Å²) in [6.07, 6.45) is 0. The minimum absolute atomic E-state index is 0.0111. The van der Waals surface area contributed by atoms with Crippen LogP contribution in [0, 0.1) is 0 Å². The van der Waals surface area contributed by atoms with Gasteiger partial charge in [0.15, 0.2) is 11.5 Å². The van der Waals surface area contributed by atoms with Crippen LogP contribution < -0.4 is 26.1 Å². The molecule has 2 amide bonds. The molecule has 1 aromatic heterocycles. The van der Waals surface area contributed by atoms with E-state index in [9.17, 15) is 19.2 Å². The monoisotopic (exact) mass is 373 g/mol. The number of amides is 2. The van der Waals surface area contributed by atoms with Gasteiger partial charge < -0.3 is 19.9 Å². The van der Waals surface area contributed by atoms with E-state index < -0.39 is 23.3 Å². The summed E-state index contributed by atoms with van der Waals surface area (Å²) in [6, 6.07) is 3.65. The van der Waals surface area contributed by atoms with Crippen LogP contribution in [0.15, 0.2) is 23.0 Å². The lowest BCUT2D eigenvalue weighted by Gasteiger charge is -2.17. The molecular weight excluding hydrogens is 358 g/mol. The van der Waals surface area contributed by atoms with Crippen LogP contribution in [0.4, 0.5) is 5.82 Å². The van der Waals surface area contributed by atoms with Crippen molar-refractivity contribution in [3.05, 3.63) is 45.2 Å². The zero-order valence-electron chi connectivity index (χ0n) is 14.6. The SMILES string of the molecule is COC(=O)c1cc(OC)c(OC)cc1-n1c(N)c2c(cc1=O)C(=O)NC2=O. The topological polar surface area (TPSA) is 139 Å². The Bertz CT molecular complexity index is 1060. The van der Waals surface area contributed by atoms with E-state index in [0.717, 1.165) is 10.6 Å². The third-order valence-electron chi connectivity index (χ3n) is 4.10. The zero-order valence-corrected chi connectivity index (χ0v) is 14.6. The van der Waals surface area contributed by atoms with Crippen molar-refractivity contribution in [1.82, 2.24) is 9.88 Å². The number of esters is 1. The van der Waals surface area contributed by atoms with Gasteiger partial charge in [-0.2, -0.15) is 0 Å². The molecule has 0 saturated carbocycles. The van der Waals surface area contributed by atoms with E-state index in [2.05, 4.69) is 5.32 Å². The first-order valence-corrected chi connectivity index (χ1v) is 7.60. The minimum Gasteiger partial charge on any atom is -0.493 e.